The second-order valence-electron chi connectivity index (χ2n) is 3.35. The Hall–Kier alpha value is -1.39. The number of rotatable bonds is 3. The molecule has 0 bridgehead atoms. The Morgan fingerprint density at radius 3 is 2.88 bits per heavy atom. The molecule has 0 aromatic carbocycles. The molecule has 17 heavy (non-hydrogen) atoms. The lowest BCUT2D eigenvalue weighted by atomic mass is 10.1. The number of hydrogen-bond acceptors (Lipinski definition) is 3. The maximum absolute atomic E-state index is 12.2. The molecule has 2 rings (SSSR count). The maximum atomic E-state index is 12.2. The summed E-state index contributed by atoms with van der Waals surface area (Å²) >= 11 is 11.7. The van der Waals surface area contributed by atoms with Gasteiger partial charge >= 0.3 is 0 Å². The van der Waals surface area contributed by atoms with Gasteiger partial charge in [-0.25, -0.2) is 4.98 Å². The third-order valence-corrected chi connectivity index (χ3v) is 2.78. The van der Waals surface area contributed by atoms with Gasteiger partial charge in [0.25, 0.3) is 0 Å². The summed E-state index contributed by atoms with van der Waals surface area (Å²) in [5.41, 5.74) is 0.818. The van der Waals surface area contributed by atoms with Gasteiger partial charge in [0.15, 0.2) is 0 Å². The summed E-state index contributed by atoms with van der Waals surface area (Å²) in [7, 11) is 0. The molecule has 0 radical (unpaired) electrons. The lowest BCUT2D eigenvalue weighted by Crippen LogP contribution is -2.11. The first-order chi connectivity index (χ1) is 8.13. The first-order valence-electron chi connectivity index (χ1n) is 5.01. The van der Waals surface area contributed by atoms with Crippen molar-refractivity contribution in [3.05, 3.63) is 46.0 Å². The molecule has 2 aromatic rings. The van der Waals surface area contributed by atoms with Crippen LogP contribution in [0.2, 0.25) is 10.2 Å². The molecular weight excluding hydrogens is 261 g/mol. The minimum Gasteiger partial charge on any atom is -0.287 e. The summed E-state index contributed by atoms with van der Waals surface area (Å²) in [6.07, 6.45) is 2.94. The molecule has 0 amide bonds. The lowest BCUT2D eigenvalue weighted by Gasteiger charge is -2.04. The lowest BCUT2D eigenvalue weighted by molar-refractivity contribution is 0.102. The van der Waals surface area contributed by atoms with Crippen molar-refractivity contribution in [3.8, 4) is 0 Å². The molecule has 6 heteroatoms. The predicted molar refractivity (Wildman–Crippen MR) is 65.6 cm³/mol. The average molecular weight is 270 g/mol. The van der Waals surface area contributed by atoms with Crippen LogP contribution in [0.5, 0.6) is 0 Å². The van der Waals surface area contributed by atoms with E-state index in [9.17, 15) is 4.79 Å². The van der Waals surface area contributed by atoms with Gasteiger partial charge in [-0.1, -0.05) is 23.2 Å². The van der Waals surface area contributed by atoms with Crippen LogP contribution in [0.4, 0.5) is 0 Å². The Labute approximate surface area is 108 Å². The van der Waals surface area contributed by atoms with Gasteiger partial charge in [-0.15, -0.1) is 0 Å². The summed E-state index contributed by atoms with van der Waals surface area (Å²) in [4.78, 5) is 16.1. The Morgan fingerprint density at radius 1 is 1.47 bits per heavy atom. The van der Waals surface area contributed by atoms with Crippen LogP contribution in [-0.4, -0.2) is 20.5 Å². The minimum absolute atomic E-state index is 0.210. The summed E-state index contributed by atoms with van der Waals surface area (Å²) < 4.78 is 1.55. The first-order valence-corrected chi connectivity index (χ1v) is 5.76. The van der Waals surface area contributed by atoms with Crippen molar-refractivity contribution in [2.45, 2.75) is 13.5 Å². The van der Waals surface area contributed by atoms with E-state index in [2.05, 4.69) is 10.1 Å². The average Bonchev–Trinajstić information content (AvgIpc) is 2.69. The molecule has 2 heterocycles. The molecule has 0 fully saturated rings. The zero-order valence-corrected chi connectivity index (χ0v) is 10.5. The molecule has 0 aliphatic heterocycles. The van der Waals surface area contributed by atoms with Crippen LogP contribution in [-0.2, 0) is 6.54 Å². The van der Waals surface area contributed by atoms with E-state index in [1.807, 2.05) is 6.92 Å². The highest BCUT2D eigenvalue weighted by molar-refractivity contribution is 6.34. The van der Waals surface area contributed by atoms with E-state index in [0.29, 0.717) is 22.8 Å². The van der Waals surface area contributed by atoms with Crippen molar-refractivity contribution >= 4 is 29.0 Å². The molecule has 0 atom stereocenters. The number of aromatic nitrogens is 3. The highest BCUT2D eigenvalue weighted by Crippen LogP contribution is 2.20. The highest BCUT2D eigenvalue weighted by atomic mass is 35.5. The number of carbonyl (C=O) groups is 1. The highest BCUT2D eigenvalue weighted by Gasteiger charge is 2.18. The van der Waals surface area contributed by atoms with Crippen LogP contribution in [0.1, 0.15) is 23.0 Å². The standard InChI is InChI=1S/C11H9Cl2N3O/c1-2-16-10(8(12)6-15-16)11(17)7-3-4-14-9(13)5-7/h3-6H,2H2,1H3. The zero-order valence-electron chi connectivity index (χ0n) is 9.02. The Balaban J connectivity index is 2.47. The number of hydrogen-bond donors (Lipinski definition) is 0. The van der Waals surface area contributed by atoms with Gasteiger partial charge in [0.05, 0.1) is 11.2 Å². The normalized spacial score (nSPS) is 10.5. The van der Waals surface area contributed by atoms with E-state index in [4.69, 9.17) is 23.2 Å². The fraction of sp³-hybridized carbons (Fsp3) is 0.182. The van der Waals surface area contributed by atoms with Crippen LogP contribution >= 0.6 is 23.2 Å². The van der Waals surface area contributed by atoms with Gasteiger partial charge in [0.2, 0.25) is 5.78 Å². The number of pyridine rings is 1. The van der Waals surface area contributed by atoms with Gasteiger partial charge in [-0.2, -0.15) is 5.10 Å². The van der Waals surface area contributed by atoms with E-state index < -0.39 is 0 Å². The van der Waals surface area contributed by atoms with Gasteiger partial charge < -0.3 is 0 Å². The fourth-order valence-corrected chi connectivity index (χ4v) is 1.91. The van der Waals surface area contributed by atoms with Crippen molar-refractivity contribution in [3.63, 3.8) is 0 Å². The number of ketones is 1. The smallest absolute Gasteiger partial charge is 0.212 e. The van der Waals surface area contributed by atoms with E-state index in [0.717, 1.165) is 0 Å². The van der Waals surface area contributed by atoms with E-state index >= 15 is 0 Å². The molecule has 0 saturated heterocycles. The molecule has 0 saturated carbocycles. The molecule has 0 aliphatic rings. The van der Waals surface area contributed by atoms with Crippen LogP contribution in [0.3, 0.4) is 0 Å². The Morgan fingerprint density at radius 2 is 2.24 bits per heavy atom. The molecule has 4 nitrogen and oxygen atoms in total. The van der Waals surface area contributed by atoms with Gasteiger partial charge in [-0.05, 0) is 19.1 Å². The first kappa shape index (κ1) is 12.1. The van der Waals surface area contributed by atoms with Crippen LogP contribution in [0.15, 0.2) is 24.5 Å². The topological polar surface area (TPSA) is 47.8 Å². The van der Waals surface area contributed by atoms with Gasteiger partial charge in [-0.3, -0.25) is 9.48 Å². The predicted octanol–water partition coefficient (Wildman–Crippen LogP) is 2.84. The van der Waals surface area contributed by atoms with Crippen LogP contribution < -0.4 is 0 Å². The van der Waals surface area contributed by atoms with Crippen LogP contribution in [0.25, 0.3) is 0 Å². The number of halogens is 2. The molecule has 0 spiro atoms. The van der Waals surface area contributed by atoms with Crippen molar-refractivity contribution in [1.82, 2.24) is 14.8 Å². The summed E-state index contributed by atoms with van der Waals surface area (Å²) in [6, 6.07) is 3.10. The third-order valence-electron chi connectivity index (χ3n) is 2.30. The molecule has 0 unspecified atom stereocenters. The SMILES string of the molecule is CCn1ncc(Cl)c1C(=O)c1ccnc(Cl)c1. The zero-order chi connectivity index (χ0) is 12.4. The minimum atomic E-state index is -0.210. The van der Waals surface area contributed by atoms with E-state index in [-0.39, 0.29) is 10.9 Å². The van der Waals surface area contributed by atoms with Crippen molar-refractivity contribution in [1.29, 1.82) is 0 Å². The second kappa shape index (κ2) is 4.85. The van der Waals surface area contributed by atoms with Crippen LogP contribution in [0, 0.1) is 0 Å². The molecule has 0 N–H and O–H groups in total. The maximum Gasteiger partial charge on any atom is 0.212 e. The third kappa shape index (κ3) is 2.33. The Kier molecular flexibility index (Phi) is 3.45. The van der Waals surface area contributed by atoms with Gasteiger partial charge in [0, 0.05) is 18.3 Å². The molecule has 88 valence electrons. The van der Waals surface area contributed by atoms with E-state index in [1.54, 1.807) is 10.7 Å². The number of aryl methyl sites for hydroxylation is 1. The summed E-state index contributed by atoms with van der Waals surface area (Å²) in [6.45, 7) is 2.46. The van der Waals surface area contributed by atoms with E-state index in [1.165, 1.54) is 18.5 Å². The van der Waals surface area contributed by atoms with Crippen molar-refractivity contribution < 1.29 is 4.79 Å². The summed E-state index contributed by atoms with van der Waals surface area (Å²) in [5.74, 6) is -0.210. The quantitative estimate of drug-likeness (QED) is 0.636. The second-order valence-corrected chi connectivity index (χ2v) is 4.15. The van der Waals surface area contributed by atoms with Crippen molar-refractivity contribution in [2.75, 3.05) is 0 Å². The number of carbonyl (C=O) groups excluding carboxylic acids is 1. The molecular formula is C11H9Cl2N3O. The number of nitrogens with zero attached hydrogens (tertiary/aromatic N) is 3. The Bertz CT molecular complexity index is 566. The monoisotopic (exact) mass is 269 g/mol. The largest absolute Gasteiger partial charge is 0.287 e. The summed E-state index contributed by atoms with van der Waals surface area (Å²) in [5, 5.41) is 4.63. The molecule has 2 aromatic heterocycles. The fourth-order valence-electron chi connectivity index (χ4n) is 1.51. The van der Waals surface area contributed by atoms with Gasteiger partial charge in [0.1, 0.15) is 10.8 Å². The molecule has 0 aliphatic carbocycles. The van der Waals surface area contributed by atoms with Crippen molar-refractivity contribution in [2.24, 2.45) is 0 Å².